The highest BCUT2D eigenvalue weighted by Gasteiger charge is 2.28. The molecular formula is C24H26O6. The Morgan fingerprint density at radius 1 is 1.17 bits per heavy atom. The lowest BCUT2D eigenvalue weighted by Gasteiger charge is -2.18. The molecule has 0 unspecified atom stereocenters. The number of hydrogen-bond donors (Lipinski definition) is 2. The second-order valence-corrected chi connectivity index (χ2v) is 7.48. The lowest BCUT2D eigenvalue weighted by molar-refractivity contribution is 0.0757. The summed E-state index contributed by atoms with van der Waals surface area (Å²) >= 11 is 0. The molecule has 3 rings (SSSR count). The third-order valence-electron chi connectivity index (χ3n) is 5.18. The molecule has 0 aliphatic carbocycles. The van der Waals surface area contributed by atoms with E-state index in [0.29, 0.717) is 23.1 Å². The van der Waals surface area contributed by atoms with E-state index in [0.717, 1.165) is 12.0 Å². The summed E-state index contributed by atoms with van der Waals surface area (Å²) in [7, 11) is 0. The highest BCUT2D eigenvalue weighted by atomic mass is 16.5. The van der Waals surface area contributed by atoms with Gasteiger partial charge < -0.3 is 19.4 Å². The average molecular weight is 410 g/mol. The molecule has 2 aromatic carbocycles. The summed E-state index contributed by atoms with van der Waals surface area (Å²) in [6, 6.07) is 12.3. The summed E-state index contributed by atoms with van der Waals surface area (Å²) in [5.74, 6) is -1.30. The van der Waals surface area contributed by atoms with E-state index in [1.54, 1.807) is 6.92 Å². The number of phenolic OH excluding ortho intramolecular Hbond substituents is 1. The van der Waals surface area contributed by atoms with Crippen molar-refractivity contribution in [1.82, 2.24) is 0 Å². The zero-order chi connectivity index (χ0) is 21.8. The van der Waals surface area contributed by atoms with Crippen LogP contribution in [0.1, 0.15) is 48.7 Å². The molecule has 0 amide bonds. The Labute approximate surface area is 174 Å². The van der Waals surface area contributed by atoms with E-state index in [-0.39, 0.29) is 23.5 Å². The first-order chi connectivity index (χ1) is 14.3. The number of carbonyl (C=O) groups is 1. The lowest BCUT2D eigenvalue weighted by Crippen LogP contribution is -2.23. The quantitative estimate of drug-likeness (QED) is 0.426. The van der Waals surface area contributed by atoms with Crippen LogP contribution in [0.15, 0.2) is 51.7 Å². The number of hydrogen-bond acceptors (Lipinski definition) is 6. The van der Waals surface area contributed by atoms with Gasteiger partial charge in [-0.25, -0.2) is 4.79 Å². The van der Waals surface area contributed by atoms with Gasteiger partial charge in [-0.1, -0.05) is 50.6 Å². The Balaban J connectivity index is 2.21. The van der Waals surface area contributed by atoms with Crippen molar-refractivity contribution in [3.8, 4) is 11.5 Å². The van der Waals surface area contributed by atoms with Gasteiger partial charge in [0.2, 0.25) is 0 Å². The number of aryl methyl sites for hydroxylation is 1. The number of aromatic hydroxyl groups is 1. The van der Waals surface area contributed by atoms with Crippen molar-refractivity contribution in [1.29, 1.82) is 0 Å². The van der Waals surface area contributed by atoms with Crippen molar-refractivity contribution in [2.45, 2.75) is 46.3 Å². The minimum Gasteiger partial charge on any atom is -0.507 e. The first kappa shape index (κ1) is 21.6. The van der Waals surface area contributed by atoms with E-state index in [9.17, 15) is 19.8 Å². The summed E-state index contributed by atoms with van der Waals surface area (Å²) in [5.41, 5.74) is 0.893. The van der Waals surface area contributed by atoms with Crippen molar-refractivity contribution in [3.63, 3.8) is 0 Å². The van der Waals surface area contributed by atoms with Gasteiger partial charge in [0.15, 0.2) is 11.4 Å². The third-order valence-corrected chi connectivity index (χ3v) is 5.18. The third kappa shape index (κ3) is 4.39. The Hall–Kier alpha value is -3.12. The van der Waals surface area contributed by atoms with Crippen molar-refractivity contribution in [2.24, 2.45) is 5.92 Å². The van der Waals surface area contributed by atoms with E-state index in [1.165, 1.54) is 19.1 Å². The van der Waals surface area contributed by atoms with E-state index >= 15 is 0 Å². The maximum Gasteiger partial charge on any atom is 0.336 e. The van der Waals surface area contributed by atoms with Crippen LogP contribution in [0.5, 0.6) is 11.5 Å². The molecule has 0 radical (unpaired) electrons. The molecule has 0 saturated heterocycles. The monoisotopic (exact) mass is 410 g/mol. The molecule has 0 aliphatic rings. The van der Waals surface area contributed by atoms with Crippen LogP contribution in [0.25, 0.3) is 11.0 Å². The molecule has 6 heteroatoms. The molecule has 0 fully saturated rings. The summed E-state index contributed by atoms with van der Waals surface area (Å²) in [6.45, 7) is 5.29. The molecule has 2 N–H and O–H groups in total. The van der Waals surface area contributed by atoms with Gasteiger partial charge in [0.1, 0.15) is 23.7 Å². The normalized spacial score (nSPS) is 13.2. The van der Waals surface area contributed by atoms with Crippen molar-refractivity contribution in [3.05, 3.63) is 69.6 Å². The standard InChI is InChI=1S/C24H26O6/c1-4-8-17-11-20(27)30-24-21(17)19(29-13-16-9-6-5-7-10-16)12-18(26)22(24)23(28)14(2)15(3)25/h5-7,9-12,14-15,25-26H,4,8,13H2,1-3H3/t14-,15+/m1/s1. The molecule has 0 aliphatic heterocycles. The topological polar surface area (TPSA) is 97.0 Å². The first-order valence-corrected chi connectivity index (χ1v) is 10.0. The van der Waals surface area contributed by atoms with Crippen LogP contribution in [0.2, 0.25) is 0 Å². The molecule has 3 aromatic rings. The maximum absolute atomic E-state index is 13.0. The fourth-order valence-corrected chi connectivity index (χ4v) is 3.37. The largest absolute Gasteiger partial charge is 0.507 e. The molecule has 0 saturated carbocycles. The number of aliphatic hydroxyl groups excluding tert-OH is 1. The van der Waals surface area contributed by atoms with Crippen LogP contribution in [-0.4, -0.2) is 22.1 Å². The van der Waals surface area contributed by atoms with Gasteiger partial charge in [-0.3, -0.25) is 4.79 Å². The average Bonchev–Trinajstić information content (AvgIpc) is 2.71. The van der Waals surface area contributed by atoms with Gasteiger partial charge in [0.05, 0.1) is 11.5 Å². The smallest absolute Gasteiger partial charge is 0.336 e. The van der Waals surface area contributed by atoms with E-state index in [2.05, 4.69) is 0 Å². The SMILES string of the molecule is CCCc1cc(=O)oc2c(C(=O)[C@H](C)[C@H](C)O)c(O)cc(OCc3ccccc3)c12. The first-order valence-electron chi connectivity index (χ1n) is 10.0. The van der Waals surface area contributed by atoms with Gasteiger partial charge in [0.25, 0.3) is 0 Å². The maximum atomic E-state index is 13.0. The zero-order valence-corrected chi connectivity index (χ0v) is 17.3. The Morgan fingerprint density at radius 3 is 2.50 bits per heavy atom. The molecule has 0 spiro atoms. The summed E-state index contributed by atoms with van der Waals surface area (Å²) in [6.07, 6.45) is 0.422. The van der Waals surface area contributed by atoms with E-state index < -0.39 is 23.4 Å². The van der Waals surface area contributed by atoms with Crippen LogP contribution in [0, 0.1) is 5.92 Å². The number of ether oxygens (including phenoxy) is 1. The fraction of sp³-hybridized carbons (Fsp3) is 0.333. The highest BCUT2D eigenvalue weighted by molar-refractivity contribution is 6.11. The molecule has 1 heterocycles. The van der Waals surface area contributed by atoms with Crippen LogP contribution >= 0.6 is 0 Å². The molecule has 0 bridgehead atoms. The van der Waals surface area contributed by atoms with Crippen molar-refractivity contribution in [2.75, 3.05) is 0 Å². The number of ketones is 1. The minimum absolute atomic E-state index is 0.00786. The molecule has 158 valence electrons. The molecule has 2 atom stereocenters. The molecule has 30 heavy (non-hydrogen) atoms. The summed E-state index contributed by atoms with van der Waals surface area (Å²) < 4.78 is 11.4. The van der Waals surface area contributed by atoms with Gasteiger partial charge in [-0.15, -0.1) is 0 Å². The molecule has 6 nitrogen and oxygen atoms in total. The second kappa shape index (κ2) is 9.13. The molecular weight excluding hydrogens is 384 g/mol. The summed E-state index contributed by atoms with van der Waals surface area (Å²) in [4.78, 5) is 25.2. The van der Waals surface area contributed by atoms with Crippen molar-refractivity contribution < 1.29 is 24.2 Å². The van der Waals surface area contributed by atoms with Crippen LogP contribution in [0.4, 0.5) is 0 Å². The Morgan fingerprint density at radius 2 is 1.87 bits per heavy atom. The van der Waals surface area contributed by atoms with Crippen molar-refractivity contribution >= 4 is 16.8 Å². The van der Waals surface area contributed by atoms with E-state index in [1.807, 2.05) is 37.3 Å². The lowest BCUT2D eigenvalue weighted by atomic mass is 9.91. The number of phenols is 1. The Kier molecular flexibility index (Phi) is 6.57. The van der Waals surface area contributed by atoms with Gasteiger partial charge in [0, 0.05) is 18.1 Å². The van der Waals surface area contributed by atoms with Gasteiger partial charge >= 0.3 is 5.63 Å². The minimum atomic E-state index is -0.925. The van der Waals surface area contributed by atoms with Crippen LogP contribution in [-0.2, 0) is 13.0 Å². The van der Waals surface area contributed by atoms with Gasteiger partial charge in [-0.05, 0) is 24.5 Å². The number of fused-ring (bicyclic) bond motifs is 1. The summed E-state index contributed by atoms with van der Waals surface area (Å²) in [5, 5.41) is 21.0. The van der Waals surface area contributed by atoms with Crippen LogP contribution in [0.3, 0.4) is 0 Å². The number of aliphatic hydroxyl groups is 1. The number of carbonyl (C=O) groups excluding carboxylic acids is 1. The van der Waals surface area contributed by atoms with Gasteiger partial charge in [-0.2, -0.15) is 0 Å². The van der Waals surface area contributed by atoms with E-state index in [4.69, 9.17) is 9.15 Å². The predicted molar refractivity (Wildman–Crippen MR) is 114 cm³/mol. The predicted octanol–water partition coefficient (Wildman–Crippen LogP) is 4.23. The molecule has 1 aromatic heterocycles. The number of benzene rings is 2. The highest BCUT2D eigenvalue weighted by Crippen LogP contribution is 2.39. The second-order valence-electron chi connectivity index (χ2n) is 7.48. The van der Waals surface area contributed by atoms with Crippen LogP contribution < -0.4 is 10.4 Å². The fourth-order valence-electron chi connectivity index (χ4n) is 3.37. The zero-order valence-electron chi connectivity index (χ0n) is 17.3. The number of Topliss-reactive ketones (excluding diaryl/α,β-unsaturated/α-hetero) is 1. The number of rotatable bonds is 8. The Bertz CT molecular complexity index is 1100.